The van der Waals surface area contributed by atoms with Gasteiger partial charge in [-0.15, -0.1) is 0 Å². The number of aromatic nitrogens is 2. The Morgan fingerprint density at radius 2 is 2.40 bits per heavy atom. The number of aryl methyl sites for hydroxylation is 2. The minimum Gasteiger partial charge on any atom is -0.296 e. The first-order chi connectivity index (χ1) is 7.19. The molecule has 0 radical (unpaired) electrons. The molecule has 0 spiro atoms. The molecule has 1 fully saturated rings. The smallest absolute Gasteiger partial charge is 0.0625 e. The molecule has 2 heterocycles. The van der Waals surface area contributed by atoms with Crippen molar-refractivity contribution in [2.75, 3.05) is 13.1 Å². The molecule has 0 aliphatic carbocycles. The predicted octanol–water partition coefficient (Wildman–Crippen LogP) is 1.95. The van der Waals surface area contributed by atoms with Gasteiger partial charge in [-0.3, -0.25) is 9.58 Å². The van der Waals surface area contributed by atoms with Crippen LogP contribution >= 0.6 is 15.9 Å². The van der Waals surface area contributed by atoms with E-state index in [9.17, 15) is 0 Å². The molecule has 1 aliphatic heterocycles. The molecule has 0 N–H and O–H groups in total. The molecule has 84 valence electrons. The molecule has 1 saturated heterocycles. The second-order valence-corrected chi connectivity index (χ2v) is 5.52. The number of hydrogen-bond donors (Lipinski definition) is 0. The van der Waals surface area contributed by atoms with Gasteiger partial charge >= 0.3 is 0 Å². The Labute approximate surface area is 99.6 Å². The van der Waals surface area contributed by atoms with Crippen LogP contribution in [-0.4, -0.2) is 32.6 Å². The van der Waals surface area contributed by atoms with Gasteiger partial charge in [-0.25, -0.2) is 0 Å². The summed E-state index contributed by atoms with van der Waals surface area (Å²) in [5.74, 6) is 0. The van der Waals surface area contributed by atoms with E-state index in [4.69, 9.17) is 0 Å². The van der Waals surface area contributed by atoms with Gasteiger partial charge in [-0.1, -0.05) is 22.9 Å². The van der Waals surface area contributed by atoms with Crippen molar-refractivity contribution in [3.05, 3.63) is 17.5 Å². The quantitative estimate of drug-likeness (QED) is 0.784. The van der Waals surface area contributed by atoms with Gasteiger partial charge in [-0.05, 0) is 25.5 Å². The molecule has 1 aromatic heterocycles. The van der Waals surface area contributed by atoms with Gasteiger partial charge in [-0.2, -0.15) is 5.10 Å². The second-order valence-electron chi connectivity index (χ2n) is 4.23. The van der Waals surface area contributed by atoms with Crippen LogP contribution in [0.25, 0.3) is 0 Å². The van der Waals surface area contributed by atoms with Crippen molar-refractivity contribution in [3.8, 4) is 0 Å². The van der Waals surface area contributed by atoms with E-state index in [1.807, 2.05) is 11.7 Å². The Bertz CT molecular complexity index is 335. The number of halogens is 1. The highest BCUT2D eigenvalue weighted by Crippen LogP contribution is 2.19. The molecule has 1 atom stereocenters. The van der Waals surface area contributed by atoms with E-state index in [1.165, 1.54) is 24.4 Å². The van der Waals surface area contributed by atoms with E-state index >= 15 is 0 Å². The van der Waals surface area contributed by atoms with Crippen molar-refractivity contribution in [3.63, 3.8) is 0 Å². The van der Waals surface area contributed by atoms with E-state index in [0.29, 0.717) is 4.83 Å². The Hall–Kier alpha value is -0.350. The molecular weight excluding hydrogens is 254 g/mol. The third-order valence-corrected chi connectivity index (χ3v) is 3.74. The molecular formula is C11H18BrN3. The standard InChI is InChI=1S/C11H18BrN3/c1-3-10-6-11(14(2)13-10)8-15-5-4-9(12)7-15/h6,9H,3-5,7-8H2,1-2H3. The topological polar surface area (TPSA) is 21.1 Å². The third-order valence-electron chi connectivity index (χ3n) is 2.99. The summed E-state index contributed by atoms with van der Waals surface area (Å²) in [5, 5.41) is 4.47. The van der Waals surface area contributed by atoms with Crippen LogP contribution in [0, 0.1) is 0 Å². The molecule has 0 saturated carbocycles. The Kier molecular flexibility index (Phi) is 3.46. The fraction of sp³-hybridized carbons (Fsp3) is 0.727. The first kappa shape index (κ1) is 11.1. The highest BCUT2D eigenvalue weighted by Gasteiger charge is 2.20. The zero-order valence-corrected chi connectivity index (χ0v) is 11.0. The van der Waals surface area contributed by atoms with Gasteiger partial charge in [0, 0.05) is 25.0 Å². The van der Waals surface area contributed by atoms with Crippen molar-refractivity contribution in [2.45, 2.75) is 31.1 Å². The maximum Gasteiger partial charge on any atom is 0.0625 e. The normalized spacial score (nSPS) is 22.5. The number of hydrogen-bond acceptors (Lipinski definition) is 2. The average Bonchev–Trinajstić information content (AvgIpc) is 2.75. The predicted molar refractivity (Wildman–Crippen MR) is 65.2 cm³/mol. The summed E-state index contributed by atoms with van der Waals surface area (Å²) in [7, 11) is 2.04. The summed E-state index contributed by atoms with van der Waals surface area (Å²) >= 11 is 3.67. The maximum atomic E-state index is 4.47. The second kappa shape index (κ2) is 4.66. The zero-order valence-electron chi connectivity index (χ0n) is 9.41. The summed E-state index contributed by atoms with van der Waals surface area (Å²) in [4.78, 5) is 3.16. The van der Waals surface area contributed by atoms with Gasteiger partial charge in [0.2, 0.25) is 0 Å². The van der Waals surface area contributed by atoms with Gasteiger partial charge in [0.05, 0.1) is 11.4 Å². The third kappa shape index (κ3) is 2.61. The van der Waals surface area contributed by atoms with Crippen molar-refractivity contribution in [1.29, 1.82) is 0 Å². The van der Waals surface area contributed by atoms with E-state index in [1.54, 1.807) is 0 Å². The van der Waals surface area contributed by atoms with Crippen molar-refractivity contribution < 1.29 is 0 Å². The highest BCUT2D eigenvalue weighted by atomic mass is 79.9. The van der Waals surface area contributed by atoms with E-state index in [0.717, 1.165) is 19.5 Å². The maximum absolute atomic E-state index is 4.47. The molecule has 4 heteroatoms. The molecule has 1 aromatic rings. The van der Waals surface area contributed by atoms with Crippen molar-refractivity contribution in [2.24, 2.45) is 7.05 Å². The van der Waals surface area contributed by atoms with Crippen LogP contribution in [0.3, 0.4) is 0 Å². The Morgan fingerprint density at radius 3 is 2.93 bits per heavy atom. The summed E-state index contributed by atoms with van der Waals surface area (Å²) in [6.07, 6.45) is 2.29. The fourth-order valence-electron chi connectivity index (χ4n) is 2.05. The number of alkyl halides is 1. The van der Waals surface area contributed by atoms with Gasteiger partial charge < -0.3 is 0 Å². The van der Waals surface area contributed by atoms with E-state index in [2.05, 4.69) is 38.9 Å². The van der Waals surface area contributed by atoms with Crippen molar-refractivity contribution >= 4 is 15.9 Å². The summed E-state index contributed by atoms with van der Waals surface area (Å²) in [6.45, 7) is 5.54. The van der Waals surface area contributed by atoms with Crippen LogP contribution < -0.4 is 0 Å². The Balaban J connectivity index is 2.00. The lowest BCUT2D eigenvalue weighted by atomic mass is 10.3. The molecule has 2 rings (SSSR count). The lowest BCUT2D eigenvalue weighted by Gasteiger charge is -2.14. The minimum atomic E-state index is 0.677. The van der Waals surface area contributed by atoms with Crippen LogP contribution in [0.4, 0.5) is 0 Å². The lowest BCUT2D eigenvalue weighted by Crippen LogP contribution is -2.21. The van der Waals surface area contributed by atoms with Gasteiger partial charge in [0.15, 0.2) is 0 Å². The molecule has 0 aromatic carbocycles. The Morgan fingerprint density at radius 1 is 1.60 bits per heavy atom. The zero-order chi connectivity index (χ0) is 10.8. The fourth-order valence-corrected chi connectivity index (χ4v) is 2.66. The first-order valence-electron chi connectivity index (χ1n) is 5.57. The minimum absolute atomic E-state index is 0.677. The van der Waals surface area contributed by atoms with Crippen LogP contribution in [0.15, 0.2) is 6.07 Å². The number of likely N-dealkylation sites (tertiary alicyclic amines) is 1. The molecule has 15 heavy (non-hydrogen) atoms. The molecule has 1 aliphatic rings. The van der Waals surface area contributed by atoms with E-state index in [-0.39, 0.29) is 0 Å². The van der Waals surface area contributed by atoms with Gasteiger partial charge in [0.1, 0.15) is 0 Å². The lowest BCUT2D eigenvalue weighted by molar-refractivity contribution is 0.322. The van der Waals surface area contributed by atoms with Crippen molar-refractivity contribution in [1.82, 2.24) is 14.7 Å². The van der Waals surface area contributed by atoms with Crippen LogP contribution in [0.5, 0.6) is 0 Å². The largest absolute Gasteiger partial charge is 0.296 e. The summed E-state index contributed by atoms with van der Waals surface area (Å²) in [5.41, 5.74) is 2.52. The molecule has 1 unspecified atom stereocenters. The number of nitrogens with zero attached hydrogens (tertiary/aromatic N) is 3. The summed E-state index contributed by atoms with van der Waals surface area (Å²) in [6, 6.07) is 2.22. The molecule has 3 nitrogen and oxygen atoms in total. The van der Waals surface area contributed by atoms with Crippen LogP contribution in [0.1, 0.15) is 24.7 Å². The summed E-state index contributed by atoms with van der Waals surface area (Å²) < 4.78 is 2.01. The van der Waals surface area contributed by atoms with Crippen LogP contribution in [-0.2, 0) is 20.0 Å². The van der Waals surface area contributed by atoms with Crippen LogP contribution in [0.2, 0.25) is 0 Å². The van der Waals surface area contributed by atoms with Gasteiger partial charge in [0.25, 0.3) is 0 Å². The van der Waals surface area contributed by atoms with E-state index < -0.39 is 0 Å². The molecule has 0 bridgehead atoms. The highest BCUT2D eigenvalue weighted by molar-refractivity contribution is 9.09. The SMILES string of the molecule is CCc1cc(CN2CCC(Br)C2)n(C)n1. The molecule has 0 amide bonds. The average molecular weight is 272 g/mol. The monoisotopic (exact) mass is 271 g/mol. The number of rotatable bonds is 3. The first-order valence-corrected chi connectivity index (χ1v) is 6.49.